The molecule has 3 aromatic carbocycles. The van der Waals surface area contributed by atoms with E-state index in [9.17, 15) is 9.59 Å². The molecule has 7 heteroatoms. The molecule has 0 spiro atoms. The largest absolute Gasteiger partial charge is 0.342 e. The fourth-order valence-electron chi connectivity index (χ4n) is 4.33. The normalized spacial score (nSPS) is 15.1. The summed E-state index contributed by atoms with van der Waals surface area (Å²) in [6.45, 7) is 3.14. The minimum absolute atomic E-state index is 0.239. The number of benzene rings is 3. The average molecular weight is 610 g/mol. The molecule has 176 valence electrons. The third-order valence-corrected chi connectivity index (χ3v) is 8.04. The predicted octanol–water partition coefficient (Wildman–Crippen LogP) is 8.01. The van der Waals surface area contributed by atoms with E-state index in [4.69, 9.17) is 0 Å². The van der Waals surface area contributed by atoms with Crippen LogP contribution in [0, 0.1) is 0 Å². The van der Waals surface area contributed by atoms with Gasteiger partial charge >= 0.3 is 0 Å². The van der Waals surface area contributed by atoms with Crippen LogP contribution in [0.5, 0.6) is 0 Å². The van der Waals surface area contributed by atoms with Crippen molar-refractivity contribution in [3.05, 3.63) is 109 Å². The lowest BCUT2D eigenvalue weighted by Crippen LogP contribution is -2.27. The third kappa shape index (κ3) is 5.03. The van der Waals surface area contributed by atoms with Gasteiger partial charge in [-0.15, -0.1) is 0 Å². The summed E-state index contributed by atoms with van der Waals surface area (Å²) in [6.07, 6.45) is 4.87. The third-order valence-electron chi connectivity index (χ3n) is 6.07. The van der Waals surface area contributed by atoms with Gasteiger partial charge in [0.2, 0.25) is 0 Å². The molecular formula is C28H22Br2N2O2S. The first-order valence-electron chi connectivity index (χ1n) is 11.3. The molecule has 0 radical (unpaired) electrons. The first-order valence-corrected chi connectivity index (χ1v) is 13.7. The van der Waals surface area contributed by atoms with Crippen molar-refractivity contribution in [3.8, 4) is 0 Å². The highest BCUT2D eigenvalue weighted by molar-refractivity contribution is 9.10. The number of carbonyl (C=O) groups excluding carboxylic acids is 2. The zero-order valence-corrected chi connectivity index (χ0v) is 23.0. The minimum atomic E-state index is -0.247. The van der Waals surface area contributed by atoms with Gasteiger partial charge in [-0.3, -0.25) is 14.5 Å². The zero-order chi connectivity index (χ0) is 24.5. The number of halogens is 2. The van der Waals surface area contributed by atoms with E-state index in [0.29, 0.717) is 4.91 Å². The lowest BCUT2D eigenvalue weighted by molar-refractivity contribution is -0.123. The number of thioether (sulfide) groups is 1. The maximum absolute atomic E-state index is 13.2. The lowest BCUT2D eigenvalue weighted by atomic mass is 10.1. The number of fused-ring (bicyclic) bond motifs is 1. The summed E-state index contributed by atoms with van der Waals surface area (Å²) in [5.74, 6) is -0.247. The molecule has 1 aromatic heterocycles. The van der Waals surface area contributed by atoms with E-state index in [2.05, 4.69) is 79.9 Å². The number of para-hydroxylation sites is 1. The molecule has 4 nitrogen and oxygen atoms in total. The highest BCUT2D eigenvalue weighted by Crippen LogP contribution is 2.36. The molecule has 0 atom stereocenters. The van der Waals surface area contributed by atoms with E-state index in [1.165, 1.54) is 21.5 Å². The van der Waals surface area contributed by atoms with Crippen LogP contribution in [0.1, 0.15) is 29.2 Å². The maximum Gasteiger partial charge on any atom is 0.293 e. The second-order valence-corrected chi connectivity index (χ2v) is 11.2. The fraction of sp³-hybridized carbons (Fsp3) is 0.143. The van der Waals surface area contributed by atoms with Gasteiger partial charge in [0.05, 0.1) is 17.0 Å². The van der Waals surface area contributed by atoms with Gasteiger partial charge in [0.15, 0.2) is 0 Å². The van der Waals surface area contributed by atoms with Gasteiger partial charge in [0.1, 0.15) is 0 Å². The number of hydrogen-bond donors (Lipinski definition) is 0. The van der Waals surface area contributed by atoms with Crippen LogP contribution >= 0.6 is 43.6 Å². The average Bonchev–Trinajstić information content (AvgIpc) is 3.33. The van der Waals surface area contributed by atoms with Crippen molar-refractivity contribution in [2.24, 2.45) is 0 Å². The Morgan fingerprint density at radius 3 is 2.11 bits per heavy atom. The molecule has 1 aliphatic heterocycles. The summed E-state index contributed by atoms with van der Waals surface area (Å²) >= 11 is 7.93. The van der Waals surface area contributed by atoms with Crippen molar-refractivity contribution >= 4 is 71.7 Å². The molecule has 1 saturated heterocycles. The van der Waals surface area contributed by atoms with Crippen molar-refractivity contribution in [3.63, 3.8) is 0 Å². The Hall–Kier alpha value is -2.61. The predicted molar refractivity (Wildman–Crippen MR) is 150 cm³/mol. The number of aryl methyl sites for hydroxylation is 1. The Balaban J connectivity index is 1.50. The second kappa shape index (κ2) is 10.2. The Morgan fingerprint density at radius 2 is 1.49 bits per heavy atom. The molecule has 2 heterocycles. The molecule has 35 heavy (non-hydrogen) atoms. The van der Waals surface area contributed by atoms with Crippen molar-refractivity contribution in [2.75, 3.05) is 0 Å². The minimum Gasteiger partial charge on any atom is -0.342 e. The Kier molecular flexibility index (Phi) is 7.00. The number of hydrogen-bond acceptors (Lipinski definition) is 3. The van der Waals surface area contributed by atoms with Crippen molar-refractivity contribution in [2.45, 2.75) is 26.4 Å². The van der Waals surface area contributed by atoms with Gasteiger partial charge in [-0.05, 0) is 65.2 Å². The standard InChI is InChI=1S/C28H22Br2N2O2S/c1-2-20-4-3-5-24-21(17-31(26(20)24)15-18-6-10-22(29)11-7-18)14-25-27(33)32(28(34)35-25)16-19-8-12-23(30)13-9-19/h3-14,17H,2,15-16H2,1H3/b25-14-. The van der Waals surface area contributed by atoms with Crippen LogP contribution in [-0.4, -0.2) is 20.6 Å². The van der Waals surface area contributed by atoms with E-state index in [1.54, 1.807) is 0 Å². The smallest absolute Gasteiger partial charge is 0.293 e. The number of rotatable bonds is 6. The molecular weight excluding hydrogens is 588 g/mol. The van der Waals surface area contributed by atoms with Crippen LogP contribution in [0.3, 0.4) is 0 Å². The highest BCUT2D eigenvalue weighted by Gasteiger charge is 2.35. The van der Waals surface area contributed by atoms with Gasteiger partial charge in [0, 0.05) is 32.6 Å². The molecule has 1 fully saturated rings. The van der Waals surface area contributed by atoms with Crippen LogP contribution in [0.15, 0.2) is 86.8 Å². The number of imide groups is 1. The summed E-state index contributed by atoms with van der Waals surface area (Å²) in [5.41, 5.74) is 5.47. The summed E-state index contributed by atoms with van der Waals surface area (Å²) in [4.78, 5) is 27.7. The molecule has 5 rings (SSSR count). The molecule has 2 amide bonds. The van der Waals surface area contributed by atoms with Crippen LogP contribution in [-0.2, 0) is 24.3 Å². The number of amides is 2. The van der Waals surface area contributed by atoms with Crippen molar-refractivity contribution in [1.29, 1.82) is 0 Å². The Morgan fingerprint density at radius 1 is 0.857 bits per heavy atom. The summed E-state index contributed by atoms with van der Waals surface area (Å²) < 4.78 is 4.25. The van der Waals surface area contributed by atoms with E-state index < -0.39 is 0 Å². The molecule has 1 aliphatic rings. The zero-order valence-electron chi connectivity index (χ0n) is 19.0. The monoisotopic (exact) mass is 608 g/mol. The van der Waals surface area contributed by atoms with Crippen LogP contribution < -0.4 is 0 Å². The SMILES string of the molecule is CCc1cccc2c(/C=C3\SC(=O)N(Cc4ccc(Br)cc4)C3=O)cn(Cc3ccc(Br)cc3)c12. The quantitative estimate of drug-likeness (QED) is 0.208. The second-order valence-electron chi connectivity index (χ2n) is 8.40. The number of nitrogens with zero attached hydrogens (tertiary/aromatic N) is 2. The molecule has 0 saturated carbocycles. The summed E-state index contributed by atoms with van der Waals surface area (Å²) in [6, 6.07) is 22.3. The Bertz CT molecular complexity index is 1460. The van der Waals surface area contributed by atoms with Crippen LogP contribution in [0.4, 0.5) is 4.79 Å². The number of carbonyl (C=O) groups is 2. The Labute approximate surface area is 225 Å². The number of aromatic nitrogens is 1. The summed E-state index contributed by atoms with van der Waals surface area (Å²) in [7, 11) is 0. The molecule has 0 N–H and O–H groups in total. The van der Waals surface area contributed by atoms with Gasteiger partial charge in [-0.2, -0.15) is 0 Å². The lowest BCUT2D eigenvalue weighted by Gasteiger charge is -2.12. The first-order chi connectivity index (χ1) is 16.9. The fourth-order valence-corrected chi connectivity index (χ4v) is 5.68. The van der Waals surface area contributed by atoms with Gasteiger partial charge in [0.25, 0.3) is 11.1 Å². The van der Waals surface area contributed by atoms with Gasteiger partial charge < -0.3 is 4.57 Å². The molecule has 4 aromatic rings. The van der Waals surface area contributed by atoms with Crippen molar-refractivity contribution in [1.82, 2.24) is 9.47 Å². The van der Waals surface area contributed by atoms with Crippen LogP contribution in [0.25, 0.3) is 17.0 Å². The highest BCUT2D eigenvalue weighted by atomic mass is 79.9. The van der Waals surface area contributed by atoms with E-state index >= 15 is 0 Å². The van der Waals surface area contributed by atoms with E-state index in [-0.39, 0.29) is 17.7 Å². The van der Waals surface area contributed by atoms with Crippen LogP contribution in [0.2, 0.25) is 0 Å². The van der Waals surface area contributed by atoms with Crippen molar-refractivity contribution < 1.29 is 9.59 Å². The van der Waals surface area contributed by atoms with Gasteiger partial charge in [-0.25, -0.2) is 0 Å². The molecule has 0 aliphatic carbocycles. The topological polar surface area (TPSA) is 42.3 Å². The molecule has 0 unspecified atom stereocenters. The molecule has 0 bridgehead atoms. The summed E-state index contributed by atoms with van der Waals surface area (Å²) in [5, 5.41) is 0.846. The first kappa shape index (κ1) is 24.1. The van der Waals surface area contributed by atoms with Gasteiger partial charge in [-0.1, -0.05) is 81.2 Å². The van der Waals surface area contributed by atoms with E-state index in [1.807, 2.05) is 42.5 Å². The van der Waals surface area contributed by atoms with E-state index in [0.717, 1.165) is 50.2 Å². The maximum atomic E-state index is 13.2.